The Balaban J connectivity index is 1.86. The number of amides is 1. The van der Waals surface area contributed by atoms with Crippen molar-refractivity contribution in [2.75, 3.05) is 16.6 Å². The topological polar surface area (TPSA) is 102 Å². The first-order valence-corrected chi connectivity index (χ1v) is 11.5. The maximum Gasteiger partial charge on any atom is 0.340 e. The monoisotopic (exact) mass is 472 g/mol. The summed E-state index contributed by atoms with van der Waals surface area (Å²) < 4.78 is 32.8. The number of rotatable bonds is 7. The third-order valence-electron chi connectivity index (χ3n) is 4.47. The fourth-order valence-electron chi connectivity index (χ4n) is 2.86. The van der Waals surface area contributed by atoms with Crippen LogP contribution in [0.3, 0.4) is 0 Å². The largest absolute Gasteiger partial charge is 0.462 e. The van der Waals surface area contributed by atoms with Crippen LogP contribution >= 0.6 is 11.6 Å². The highest BCUT2D eigenvalue weighted by Crippen LogP contribution is 2.25. The Hall–Kier alpha value is -3.36. The molecule has 0 aromatic heterocycles. The van der Waals surface area contributed by atoms with Gasteiger partial charge in [-0.15, -0.1) is 0 Å². The van der Waals surface area contributed by atoms with Crippen molar-refractivity contribution in [1.82, 2.24) is 0 Å². The summed E-state index contributed by atoms with van der Waals surface area (Å²) in [6, 6.07) is 17.0. The molecule has 0 unspecified atom stereocenters. The van der Waals surface area contributed by atoms with E-state index < -0.39 is 21.9 Å². The minimum atomic E-state index is -3.85. The van der Waals surface area contributed by atoms with Crippen LogP contribution in [0.1, 0.15) is 33.2 Å². The molecule has 0 fully saturated rings. The van der Waals surface area contributed by atoms with Crippen LogP contribution in [0.15, 0.2) is 71.6 Å². The number of benzene rings is 3. The van der Waals surface area contributed by atoms with E-state index in [0.717, 1.165) is 5.56 Å². The van der Waals surface area contributed by atoms with Crippen molar-refractivity contribution in [2.24, 2.45) is 0 Å². The van der Waals surface area contributed by atoms with Crippen molar-refractivity contribution in [3.63, 3.8) is 0 Å². The highest BCUT2D eigenvalue weighted by molar-refractivity contribution is 7.92. The SMILES string of the molecule is CCOC(=O)c1ccccc1NC(=O)c1cc(NS(=O)(=O)c2ccc(C)cc2)ccc1Cl. The molecule has 32 heavy (non-hydrogen) atoms. The Kier molecular flexibility index (Phi) is 7.17. The van der Waals surface area contributed by atoms with Crippen LogP contribution in [0, 0.1) is 6.92 Å². The van der Waals surface area contributed by atoms with Gasteiger partial charge in [0.15, 0.2) is 0 Å². The second-order valence-electron chi connectivity index (χ2n) is 6.83. The maximum absolute atomic E-state index is 12.9. The van der Waals surface area contributed by atoms with Crippen molar-refractivity contribution < 1.29 is 22.7 Å². The fraction of sp³-hybridized carbons (Fsp3) is 0.130. The average Bonchev–Trinajstić information content (AvgIpc) is 2.75. The van der Waals surface area contributed by atoms with Crippen LogP contribution < -0.4 is 10.0 Å². The maximum atomic E-state index is 12.9. The van der Waals surface area contributed by atoms with E-state index >= 15 is 0 Å². The van der Waals surface area contributed by atoms with Crippen LogP contribution in [-0.4, -0.2) is 26.9 Å². The summed E-state index contributed by atoms with van der Waals surface area (Å²) in [5.41, 5.74) is 1.57. The van der Waals surface area contributed by atoms with Gasteiger partial charge in [0.1, 0.15) is 0 Å². The van der Waals surface area contributed by atoms with Gasteiger partial charge in [0, 0.05) is 5.69 Å². The van der Waals surface area contributed by atoms with Crippen LogP contribution in [0.2, 0.25) is 5.02 Å². The quantitative estimate of drug-likeness (QED) is 0.477. The molecule has 0 aliphatic heterocycles. The van der Waals surface area contributed by atoms with Crippen LogP contribution in [0.4, 0.5) is 11.4 Å². The van der Waals surface area contributed by atoms with E-state index in [4.69, 9.17) is 16.3 Å². The Morgan fingerprint density at radius 3 is 2.34 bits per heavy atom. The molecular weight excluding hydrogens is 452 g/mol. The Bertz CT molecular complexity index is 1260. The number of aryl methyl sites for hydroxylation is 1. The minimum Gasteiger partial charge on any atom is -0.462 e. The number of nitrogens with one attached hydrogen (secondary N) is 2. The van der Waals surface area contributed by atoms with Crippen molar-refractivity contribution in [2.45, 2.75) is 18.7 Å². The van der Waals surface area contributed by atoms with Gasteiger partial charge in [-0.25, -0.2) is 13.2 Å². The van der Waals surface area contributed by atoms with Gasteiger partial charge in [0.2, 0.25) is 0 Å². The highest BCUT2D eigenvalue weighted by atomic mass is 35.5. The lowest BCUT2D eigenvalue weighted by Crippen LogP contribution is -2.17. The van der Waals surface area contributed by atoms with E-state index in [1.165, 1.54) is 36.4 Å². The van der Waals surface area contributed by atoms with Crippen molar-refractivity contribution in [3.8, 4) is 0 Å². The predicted molar refractivity (Wildman–Crippen MR) is 124 cm³/mol. The molecule has 3 aromatic rings. The van der Waals surface area contributed by atoms with E-state index in [0.29, 0.717) is 0 Å². The molecule has 3 aromatic carbocycles. The van der Waals surface area contributed by atoms with Crippen molar-refractivity contribution >= 4 is 44.9 Å². The molecule has 166 valence electrons. The molecule has 1 amide bonds. The molecule has 0 saturated carbocycles. The molecule has 0 aliphatic carbocycles. The molecule has 9 heteroatoms. The van der Waals surface area contributed by atoms with Gasteiger partial charge in [0.05, 0.1) is 33.3 Å². The lowest BCUT2D eigenvalue weighted by molar-refractivity contribution is 0.0527. The molecule has 0 bridgehead atoms. The van der Waals surface area contributed by atoms with E-state index in [-0.39, 0.29) is 39.0 Å². The molecule has 7 nitrogen and oxygen atoms in total. The predicted octanol–water partition coefficient (Wildman–Crippen LogP) is 4.88. The zero-order valence-electron chi connectivity index (χ0n) is 17.4. The van der Waals surface area contributed by atoms with Crippen LogP contribution in [0.5, 0.6) is 0 Å². The summed E-state index contributed by atoms with van der Waals surface area (Å²) in [5, 5.41) is 2.75. The van der Waals surface area contributed by atoms with Crippen molar-refractivity contribution in [3.05, 3.63) is 88.4 Å². The third kappa shape index (κ3) is 5.46. The van der Waals surface area contributed by atoms with Crippen LogP contribution in [-0.2, 0) is 14.8 Å². The minimum absolute atomic E-state index is 0.0365. The summed E-state index contributed by atoms with van der Waals surface area (Å²) in [6.45, 7) is 3.73. The lowest BCUT2D eigenvalue weighted by atomic mass is 10.1. The number of sulfonamides is 1. The number of ether oxygens (including phenoxy) is 1. The second kappa shape index (κ2) is 9.84. The van der Waals surface area contributed by atoms with E-state index in [1.807, 2.05) is 6.92 Å². The number of para-hydroxylation sites is 1. The van der Waals surface area contributed by atoms with Gasteiger partial charge in [-0.05, 0) is 56.3 Å². The average molecular weight is 473 g/mol. The first-order valence-electron chi connectivity index (χ1n) is 9.68. The van der Waals surface area contributed by atoms with Gasteiger partial charge in [-0.3, -0.25) is 9.52 Å². The van der Waals surface area contributed by atoms with E-state index in [1.54, 1.807) is 37.3 Å². The number of esters is 1. The van der Waals surface area contributed by atoms with Crippen molar-refractivity contribution in [1.29, 1.82) is 0 Å². The molecule has 0 aliphatic rings. The highest BCUT2D eigenvalue weighted by Gasteiger charge is 2.19. The first kappa shape index (κ1) is 23.3. The van der Waals surface area contributed by atoms with Gasteiger partial charge in [0.25, 0.3) is 15.9 Å². The summed E-state index contributed by atoms with van der Waals surface area (Å²) in [5.74, 6) is -1.18. The zero-order chi connectivity index (χ0) is 23.3. The Morgan fingerprint density at radius 1 is 0.969 bits per heavy atom. The van der Waals surface area contributed by atoms with Gasteiger partial charge >= 0.3 is 5.97 Å². The number of hydrogen-bond donors (Lipinski definition) is 2. The molecular formula is C23H21ClN2O5S. The molecule has 0 atom stereocenters. The Morgan fingerprint density at radius 2 is 1.66 bits per heavy atom. The number of anilines is 2. The fourth-order valence-corrected chi connectivity index (χ4v) is 4.12. The molecule has 0 saturated heterocycles. The lowest BCUT2D eigenvalue weighted by Gasteiger charge is -2.13. The van der Waals surface area contributed by atoms with Gasteiger partial charge in [-0.2, -0.15) is 0 Å². The van der Waals surface area contributed by atoms with E-state index in [9.17, 15) is 18.0 Å². The molecule has 3 rings (SSSR count). The molecule has 0 spiro atoms. The van der Waals surface area contributed by atoms with Crippen LogP contribution in [0.25, 0.3) is 0 Å². The summed E-state index contributed by atoms with van der Waals surface area (Å²) >= 11 is 6.19. The molecule has 0 radical (unpaired) electrons. The standard InChI is InChI=1S/C23H21ClN2O5S/c1-3-31-23(28)18-6-4-5-7-21(18)25-22(27)19-14-16(10-13-20(19)24)26-32(29,30)17-11-8-15(2)9-12-17/h4-14,26H,3H2,1-2H3,(H,25,27). The van der Waals surface area contributed by atoms with Gasteiger partial charge in [-0.1, -0.05) is 41.4 Å². The number of hydrogen-bond acceptors (Lipinski definition) is 5. The summed E-state index contributed by atoms with van der Waals surface area (Å²) in [6.07, 6.45) is 0. The summed E-state index contributed by atoms with van der Waals surface area (Å²) in [7, 11) is -3.85. The normalized spacial score (nSPS) is 11.0. The Labute approximate surface area is 191 Å². The number of carbonyl (C=O) groups is 2. The third-order valence-corrected chi connectivity index (χ3v) is 6.19. The smallest absolute Gasteiger partial charge is 0.340 e. The first-order chi connectivity index (χ1) is 15.2. The number of halogens is 1. The number of carbonyl (C=O) groups excluding carboxylic acids is 2. The zero-order valence-corrected chi connectivity index (χ0v) is 19.0. The molecule has 2 N–H and O–H groups in total. The second-order valence-corrected chi connectivity index (χ2v) is 8.92. The molecule has 0 heterocycles. The van der Waals surface area contributed by atoms with E-state index in [2.05, 4.69) is 10.0 Å². The summed E-state index contributed by atoms with van der Waals surface area (Å²) in [4.78, 5) is 25.1. The van der Waals surface area contributed by atoms with Gasteiger partial charge < -0.3 is 10.1 Å².